The van der Waals surface area contributed by atoms with Gasteiger partial charge >= 0.3 is 0 Å². The quantitative estimate of drug-likeness (QED) is 0.769. The van der Waals surface area contributed by atoms with E-state index in [-0.39, 0.29) is 5.56 Å². The van der Waals surface area contributed by atoms with Crippen molar-refractivity contribution in [1.82, 2.24) is 14.5 Å². The van der Waals surface area contributed by atoms with Gasteiger partial charge in [0.2, 0.25) is 5.95 Å². The lowest BCUT2D eigenvalue weighted by molar-refractivity contribution is 0.121. The van der Waals surface area contributed by atoms with Crippen LogP contribution in [0.2, 0.25) is 0 Å². The molecule has 0 aromatic carbocycles. The molecular formula is C11H14N4O2S2. The highest BCUT2D eigenvalue weighted by molar-refractivity contribution is 8.00. The van der Waals surface area contributed by atoms with Gasteiger partial charge in [-0.25, -0.2) is 9.97 Å². The Bertz CT molecular complexity index is 660. The number of ether oxygens (including phenoxy) is 1. The van der Waals surface area contributed by atoms with Gasteiger partial charge in [-0.3, -0.25) is 9.36 Å². The van der Waals surface area contributed by atoms with Crippen molar-refractivity contribution >= 4 is 39.4 Å². The molecule has 0 spiro atoms. The minimum absolute atomic E-state index is 0.0805. The normalized spacial score (nSPS) is 16.2. The lowest BCUT2D eigenvalue weighted by Crippen LogP contribution is -2.40. The summed E-state index contributed by atoms with van der Waals surface area (Å²) in [6, 6.07) is 0. The van der Waals surface area contributed by atoms with Crippen molar-refractivity contribution in [3.63, 3.8) is 0 Å². The highest BCUT2D eigenvalue weighted by Crippen LogP contribution is 2.26. The van der Waals surface area contributed by atoms with Crippen LogP contribution in [0.5, 0.6) is 0 Å². The first kappa shape index (κ1) is 12.9. The van der Waals surface area contributed by atoms with Crippen molar-refractivity contribution in [2.24, 2.45) is 7.05 Å². The number of aromatic nitrogens is 3. The lowest BCUT2D eigenvalue weighted by atomic mass is 10.4. The number of thioether (sulfide) groups is 1. The number of hydrogen-bond acceptors (Lipinski definition) is 7. The van der Waals surface area contributed by atoms with Crippen molar-refractivity contribution in [3.8, 4) is 0 Å². The standard InChI is InChI=1S/C11H14N4O2S2/c1-14-9(16)7-8(19-11(12-7)18-2)13-10(14)15-3-5-17-6-4-15/h3-6H2,1-2H3. The van der Waals surface area contributed by atoms with Gasteiger partial charge < -0.3 is 9.64 Å². The van der Waals surface area contributed by atoms with Gasteiger partial charge in [0.1, 0.15) is 0 Å². The summed E-state index contributed by atoms with van der Waals surface area (Å²) in [5, 5.41) is 0. The van der Waals surface area contributed by atoms with Crippen LogP contribution in [0.25, 0.3) is 10.3 Å². The largest absolute Gasteiger partial charge is 0.378 e. The molecule has 8 heteroatoms. The molecule has 0 N–H and O–H groups in total. The van der Waals surface area contributed by atoms with Crippen LogP contribution >= 0.6 is 23.1 Å². The maximum Gasteiger partial charge on any atom is 0.282 e. The lowest BCUT2D eigenvalue weighted by Gasteiger charge is -2.28. The fourth-order valence-corrected chi connectivity index (χ4v) is 3.47. The Morgan fingerprint density at radius 2 is 2.05 bits per heavy atom. The third kappa shape index (κ3) is 2.24. The molecule has 2 aromatic heterocycles. The average molecular weight is 298 g/mol. The van der Waals surface area contributed by atoms with Crippen LogP contribution in [0.15, 0.2) is 9.13 Å². The topological polar surface area (TPSA) is 60.2 Å². The molecule has 0 bridgehead atoms. The summed E-state index contributed by atoms with van der Waals surface area (Å²) >= 11 is 3.00. The van der Waals surface area contributed by atoms with Gasteiger partial charge in [-0.15, -0.1) is 0 Å². The first-order chi connectivity index (χ1) is 9.20. The third-order valence-corrected chi connectivity index (χ3v) is 5.00. The van der Waals surface area contributed by atoms with Gasteiger partial charge in [0.05, 0.1) is 13.2 Å². The molecule has 0 radical (unpaired) electrons. The molecule has 2 aromatic rings. The van der Waals surface area contributed by atoms with Crippen LogP contribution in [-0.4, -0.2) is 47.1 Å². The van der Waals surface area contributed by atoms with Crippen molar-refractivity contribution in [2.45, 2.75) is 4.34 Å². The summed E-state index contributed by atoms with van der Waals surface area (Å²) in [5.74, 6) is 0.706. The second kappa shape index (κ2) is 5.10. The number of fused-ring (bicyclic) bond motifs is 1. The Morgan fingerprint density at radius 1 is 1.32 bits per heavy atom. The number of rotatable bonds is 2. The van der Waals surface area contributed by atoms with Gasteiger partial charge in [0.25, 0.3) is 5.56 Å². The summed E-state index contributed by atoms with van der Waals surface area (Å²) in [6.07, 6.45) is 1.95. The molecule has 0 saturated carbocycles. The zero-order chi connectivity index (χ0) is 13.4. The van der Waals surface area contributed by atoms with Crippen LogP contribution in [-0.2, 0) is 11.8 Å². The monoisotopic (exact) mass is 298 g/mol. The average Bonchev–Trinajstić information content (AvgIpc) is 2.87. The Hall–Kier alpha value is -1.12. The van der Waals surface area contributed by atoms with Gasteiger partial charge in [-0.1, -0.05) is 23.1 Å². The smallest absolute Gasteiger partial charge is 0.282 e. The zero-order valence-corrected chi connectivity index (χ0v) is 12.4. The van der Waals surface area contributed by atoms with E-state index in [4.69, 9.17) is 4.74 Å². The number of hydrogen-bond donors (Lipinski definition) is 0. The maximum absolute atomic E-state index is 12.3. The first-order valence-corrected chi connectivity index (χ1v) is 7.99. The van der Waals surface area contributed by atoms with Gasteiger partial charge in [-0.2, -0.15) is 0 Å². The minimum atomic E-state index is -0.0805. The number of thiazole rings is 1. The zero-order valence-electron chi connectivity index (χ0n) is 10.8. The molecule has 6 nitrogen and oxygen atoms in total. The molecule has 0 unspecified atom stereocenters. The number of nitrogens with zero attached hydrogens (tertiary/aromatic N) is 4. The van der Waals surface area contributed by atoms with Crippen molar-refractivity contribution in [1.29, 1.82) is 0 Å². The van der Waals surface area contributed by atoms with Crippen LogP contribution < -0.4 is 10.5 Å². The number of morpholine rings is 1. The summed E-state index contributed by atoms with van der Waals surface area (Å²) < 4.78 is 7.79. The van der Waals surface area contributed by atoms with E-state index in [1.54, 1.807) is 11.6 Å². The summed E-state index contributed by atoms with van der Waals surface area (Å²) in [5.41, 5.74) is 0.386. The first-order valence-electron chi connectivity index (χ1n) is 5.95. The highest BCUT2D eigenvalue weighted by atomic mass is 32.2. The predicted molar refractivity (Wildman–Crippen MR) is 77.5 cm³/mol. The molecule has 0 aliphatic carbocycles. The third-order valence-electron chi connectivity index (χ3n) is 3.07. The second-order valence-corrected chi connectivity index (χ2v) is 6.24. The van der Waals surface area contributed by atoms with Crippen molar-refractivity contribution in [2.75, 3.05) is 37.5 Å². The second-order valence-electron chi connectivity index (χ2n) is 4.21. The molecular weight excluding hydrogens is 284 g/mol. The molecule has 102 valence electrons. The minimum Gasteiger partial charge on any atom is -0.378 e. The Kier molecular flexibility index (Phi) is 3.46. The van der Waals surface area contributed by atoms with Crippen LogP contribution in [0, 0.1) is 0 Å². The molecule has 1 aliphatic rings. The maximum atomic E-state index is 12.3. The molecule has 1 fully saturated rings. The van der Waals surface area contributed by atoms with E-state index >= 15 is 0 Å². The van der Waals surface area contributed by atoms with Gasteiger partial charge in [-0.05, 0) is 6.26 Å². The molecule has 19 heavy (non-hydrogen) atoms. The summed E-state index contributed by atoms with van der Waals surface area (Å²) in [4.78, 5) is 24.0. The predicted octanol–water partition coefficient (Wildman–Crippen LogP) is 0.948. The molecule has 3 rings (SSSR count). The summed E-state index contributed by atoms with van der Waals surface area (Å²) in [7, 11) is 1.75. The van der Waals surface area contributed by atoms with Gasteiger partial charge in [0, 0.05) is 20.1 Å². The fourth-order valence-electron chi connectivity index (χ4n) is 2.06. The van der Waals surface area contributed by atoms with E-state index in [2.05, 4.69) is 14.9 Å². The molecule has 0 atom stereocenters. The SMILES string of the molecule is CSc1nc2c(=O)n(C)c(N3CCOCC3)nc2s1. The fraction of sp³-hybridized carbons (Fsp3) is 0.545. The van der Waals surface area contributed by atoms with Gasteiger partial charge in [0.15, 0.2) is 14.7 Å². The van der Waals surface area contributed by atoms with E-state index in [0.29, 0.717) is 29.5 Å². The molecule has 1 saturated heterocycles. The van der Waals surface area contributed by atoms with E-state index in [1.165, 1.54) is 23.1 Å². The van der Waals surface area contributed by atoms with Crippen LogP contribution in [0.4, 0.5) is 5.95 Å². The van der Waals surface area contributed by atoms with Crippen LogP contribution in [0.1, 0.15) is 0 Å². The molecule has 0 amide bonds. The van der Waals surface area contributed by atoms with Crippen molar-refractivity contribution < 1.29 is 4.74 Å². The van der Waals surface area contributed by atoms with E-state index in [9.17, 15) is 4.79 Å². The van der Waals surface area contributed by atoms with E-state index in [1.807, 2.05) is 6.26 Å². The highest BCUT2D eigenvalue weighted by Gasteiger charge is 2.19. The Labute approximate surface area is 118 Å². The summed E-state index contributed by atoms with van der Waals surface area (Å²) in [6.45, 7) is 2.87. The van der Waals surface area contributed by atoms with Crippen LogP contribution in [0.3, 0.4) is 0 Å². The molecule has 1 aliphatic heterocycles. The molecule has 3 heterocycles. The number of anilines is 1. The Balaban J connectivity index is 2.14. The van der Waals surface area contributed by atoms with E-state index < -0.39 is 0 Å². The van der Waals surface area contributed by atoms with E-state index in [0.717, 1.165) is 17.4 Å². The van der Waals surface area contributed by atoms with Crippen molar-refractivity contribution in [3.05, 3.63) is 10.4 Å². The Morgan fingerprint density at radius 3 is 2.74 bits per heavy atom.